The molecular formula is C9H14N4OS. The summed E-state index contributed by atoms with van der Waals surface area (Å²) in [6.45, 7) is 0.925. The standard InChI is InChI=1S/C9H14N4OS/c14-8(12-9-13-11-6-15-9)7-4-2-1-3-5-10-7/h6-7,10H,1-5H2,(H,12,13,14). The number of carbonyl (C=O) groups excluding carboxylic acids is 1. The predicted octanol–water partition coefficient (Wildman–Crippen LogP) is 1.01. The van der Waals surface area contributed by atoms with Crippen LogP contribution in [0.15, 0.2) is 5.51 Å². The first kappa shape index (κ1) is 10.5. The van der Waals surface area contributed by atoms with Crippen molar-refractivity contribution in [3.8, 4) is 0 Å². The number of nitrogens with zero attached hydrogens (tertiary/aromatic N) is 2. The zero-order valence-electron chi connectivity index (χ0n) is 8.40. The first-order chi connectivity index (χ1) is 7.36. The molecule has 1 aliphatic heterocycles. The summed E-state index contributed by atoms with van der Waals surface area (Å²) in [6.07, 6.45) is 4.38. The van der Waals surface area contributed by atoms with E-state index in [2.05, 4.69) is 20.8 Å². The van der Waals surface area contributed by atoms with Gasteiger partial charge in [-0.05, 0) is 19.4 Å². The predicted molar refractivity (Wildman–Crippen MR) is 58.8 cm³/mol. The molecule has 5 nitrogen and oxygen atoms in total. The third kappa shape index (κ3) is 2.97. The molecule has 15 heavy (non-hydrogen) atoms. The number of anilines is 1. The molecule has 1 saturated heterocycles. The van der Waals surface area contributed by atoms with Crippen molar-refractivity contribution < 1.29 is 4.79 Å². The van der Waals surface area contributed by atoms with Crippen LogP contribution in [0.5, 0.6) is 0 Å². The summed E-state index contributed by atoms with van der Waals surface area (Å²) in [4.78, 5) is 11.8. The van der Waals surface area contributed by atoms with E-state index >= 15 is 0 Å². The Labute approximate surface area is 92.3 Å². The van der Waals surface area contributed by atoms with Gasteiger partial charge in [0.2, 0.25) is 11.0 Å². The third-order valence-electron chi connectivity index (χ3n) is 2.47. The SMILES string of the molecule is O=C(Nc1nncs1)C1CCCCCN1. The van der Waals surface area contributed by atoms with Crippen LogP contribution in [-0.2, 0) is 4.79 Å². The van der Waals surface area contributed by atoms with Crippen LogP contribution < -0.4 is 10.6 Å². The maximum atomic E-state index is 11.8. The number of nitrogens with one attached hydrogen (secondary N) is 2. The van der Waals surface area contributed by atoms with Gasteiger partial charge < -0.3 is 5.32 Å². The normalized spacial score (nSPS) is 22.0. The Morgan fingerprint density at radius 3 is 3.27 bits per heavy atom. The molecule has 1 aromatic heterocycles. The summed E-state index contributed by atoms with van der Waals surface area (Å²) in [5.74, 6) is 0.00801. The molecular weight excluding hydrogens is 212 g/mol. The molecule has 2 N–H and O–H groups in total. The van der Waals surface area contributed by atoms with Gasteiger partial charge in [0.05, 0.1) is 6.04 Å². The van der Waals surface area contributed by atoms with Gasteiger partial charge in [-0.2, -0.15) is 0 Å². The largest absolute Gasteiger partial charge is 0.306 e. The van der Waals surface area contributed by atoms with Crippen LogP contribution in [0, 0.1) is 0 Å². The van der Waals surface area contributed by atoms with Gasteiger partial charge in [-0.1, -0.05) is 24.2 Å². The van der Waals surface area contributed by atoms with E-state index in [1.54, 1.807) is 5.51 Å². The van der Waals surface area contributed by atoms with Crippen LogP contribution in [0.4, 0.5) is 5.13 Å². The molecule has 2 rings (SSSR count). The lowest BCUT2D eigenvalue weighted by atomic mass is 10.1. The second kappa shape index (κ2) is 5.18. The minimum Gasteiger partial charge on any atom is -0.306 e. The molecule has 0 bridgehead atoms. The van der Waals surface area contributed by atoms with Crippen molar-refractivity contribution >= 4 is 22.4 Å². The second-order valence-corrected chi connectivity index (χ2v) is 4.42. The number of amides is 1. The summed E-state index contributed by atoms with van der Waals surface area (Å²) < 4.78 is 0. The van der Waals surface area contributed by atoms with E-state index in [0.29, 0.717) is 5.13 Å². The van der Waals surface area contributed by atoms with Gasteiger partial charge in [-0.25, -0.2) is 0 Å². The average molecular weight is 226 g/mol. The first-order valence-electron chi connectivity index (χ1n) is 5.16. The molecule has 1 amide bonds. The number of hydrogen-bond acceptors (Lipinski definition) is 5. The van der Waals surface area contributed by atoms with Gasteiger partial charge in [-0.15, -0.1) is 10.2 Å². The molecule has 1 unspecified atom stereocenters. The molecule has 0 saturated carbocycles. The summed E-state index contributed by atoms with van der Waals surface area (Å²) >= 11 is 1.34. The fourth-order valence-corrected chi connectivity index (χ4v) is 2.12. The van der Waals surface area contributed by atoms with Crippen LogP contribution in [0.1, 0.15) is 25.7 Å². The van der Waals surface area contributed by atoms with Crippen molar-refractivity contribution in [3.05, 3.63) is 5.51 Å². The van der Waals surface area contributed by atoms with E-state index < -0.39 is 0 Å². The Hall–Kier alpha value is -1.01. The topological polar surface area (TPSA) is 66.9 Å². The lowest BCUT2D eigenvalue weighted by molar-refractivity contribution is -0.118. The van der Waals surface area contributed by atoms with Crippen LogP contribution in [0.25, 0.3) is 0 Å². The van der Waals surface area contributed by atoms with E-state index in [-0.39, 0.29) is 11.9 Å². The number of carbonyl (C=O) groups is 1. The number of aromatic nitrogens is 2. The van der Waals surface area contributed by atoms with Crippen LogP contribution >= 0.6 is 11.3 Å². The summed E-state index contributed by atoms with van der Waals surface area (Å²) in [6, 6.07) is -0.0728. The van der Waals surface area contributed by atoms with Crippen molar-refractivity contribution in [2.45, 2.75) is 31.7 Å². The van der Waals surface area contributed by atoms with Crippen LogP contribution in [-0.4, -0.2) is 28.7 Å². The van der Waals surface area contributed by atoms with Gasteiger partial charge in [0.25, 0.3) is 0 Å². The molecule has 1 atom stereocenters. The van der Waals surface area contributed by atoms with Crippen molar-refractivity contribution in [1.29, 1.82) is 0 Å². The van der Waals surface area contributed by atoms with Gasteiger partial charge in [0, 0.05) is 0 Å². The highest BCUT2D eigenvalue weighted by molar-refractivity contribution is 7.13. The molecule has 2 heterocycles. The smallest absolute Gasteiger partial charge is 0.243 e. The summed E-state index contributed by atoms with van der Waals surface area (Å²) in [5, 5.41) is 14.0. The van der Waals surface area contributed by atoms with Gasteiger partial charge >= 0.3 is 0 Å². The summed E-state index contributed by atoms with van der Waals surface area (Å²) in [5.41, 5.74) is 1.61. The van der Waals surface area contributed by atoms with E-state index in [1.807, 2.05) is 0 Å². The van der Waals surface area contributed by atoms with Gasteiger partial charge in [-0.3, -0.25) is 10.1 Å². The molecule has 1 aliphatic rings. The van der Waals surface area contributed by atoms with E-state index in [0.717, 1.165) is 25.8 Å². The Morgan fingerprint density at radius 1 is 1.53 bits per heavy atom. The molecule has 0 aliphatic carbocycles. The van der Waals surface area contributed by atoms with Gasteiger partial charge in [0.1, 0.15) is 5.51 Å². The minimum atomic E-state index is -0.0728. The molecule has 0 radical (unpaired) electrons. The van der Waals surface area contributed by atoms with Crippen LogP contribution in [0.2, 0.25) is 0 Å². The second-order valence-electron chi connectivity index (χ2n) is 3.59. The first-order valence-corrected chi connectivity index (χ1v) is 6.04. The van der Waals surface area contributed by atoms with Crippen molar-refractivity contribution in [3.63, 3.8) is 0 Å². The van der Waals surface area contributed by atoms with E-state index in [1.165, 1.54) is 17.8 Å². The lowest BCUT2D eigenvalue weighted by Crippen LogP contribution is -2.39. The molecule has 0 spiro atoms. The van der Waals surface area contributed by atoms with Gasteiger partial charge in [0.15, 0.2) is 0 Å². The maximum Gasteiger partial charge on any atom is 0.243 e. The van der Waals surface area contributed by atoms with Crippen molar-refractivity contribution in [2.24, 2.45) is 0 Å². The molecule has 82 valence electrons. The number of hydrogen-bond donors (Lipinski definition) is 2. The average Bonchev–Trinajstić information content (AvgIpc) is 2.58. The molecule has 1 fully saturated rings. The zero-order valence-corrected chi connectivity index (χ0v) is 9.22. The highest BCUT2D eigenvalue weighted by atomic mass is 32.1. The van der Waals surface area contributed by atoms with Crippen LogP contribution in [0.3, 0.4) is 0 Å². The quantitative estimate of drug-likeness (QED) is 0.789. The lowest BCUT2D eigenvalue weighted by Gasteiger charge is -2.13. The number of rotatable bonds is 2. The third-order valence-corrected chi connectivity index (χ3v) is 3.07. The van der Waals surface area contributed by atoms with E-state index in [4.69, 9.17) is 0 Å². The molecule has 0 aromatic carbocycles. The fraction of sp³-hybridized carbons (Fsp3) is 0.667. The monoisotopic (exact) mass is 226 g/mol. The molecule has 1 aromatic rings. The highest BCUT2D eigenvalue weighted by Gasteiger charge is 2.19. The summed E-state index contributed by atoms with van der Waals surface area (Å²) in [7, 11) is 0. The zero-order chi connectivity index (χ0) is 10.5. The maximum absolute atomic E-state index is 11.8. The molecule has 6 heteroatoms. The Morgan fingerprint density at radius 2 is 2.47 bits per heavy atom. The van der Waals surface area contributed by atoms with Crippen molar-refractivity contribution in [2.75, 3.05) is 11.9 Å². The van der Waals surface area contributed by atoms with E-state index in [9.17, 15) is 4.79 Å². The Balaban J connectivity index is 1.89. The Kier molecular flexibility index (Phi) is 3.63. The minimum absolute atomic E-state index is 0.00801. The Bertz CT molecular complexity index is 306. The highest BCUT2D eigenvalue weighted by Crippen LogP contribution is 2.12. The van der Waals surface area contributed by atoms with Crippen molar-refractivity contribution in [1.82, 2.24) is 15.5 Å². The fourth-order valence-electron chi connectivity index (χ4n) is 1.67.